The zero-order valence-electron chi connectivity index (χ0n) is 14.7. The number of anilines is 1. The number of aryl methyl sites for hydroxylation is 1. The molecule has 0 unspecified atom stereocenters. The Hall–Kier alpha value is -2.82. The summed E-state index contributed by atoms with van der Waals surface area (Å²) in [5.41, 5.74) is -3.06. The van der Waals surface area contributed by atoms with Crippen LogP contribution in [0, 0.1) is 10.1 Å². The van der Waals surface area contributed by atoms with Gasteiger partial charge in [-0.25, -0.2) is 4.98 Å². The summed E-state index contributed by atoms with van der Waals surface area (Å²) in [6.07, 6.45) is -3.16. The van der Waals surface area contributed by atoms with Gasteiger partial charge in [0.15, 0.2) is 5.75 Å². The van der Waals surface area contributed by atoms with Gasteiger partial charge in [0.1, 0.15) is 5.82 Å². The number of alkyl halides is 3. The fourth-order valence-electron chi connectivity index (χ4n) is 2.58. The van der Waals surface area contributed by atoms with E-state index >= 15 is 0 Å². The van der Waals surface area contributed by atoms with Crippen LogP contribution in [0.1, 0.15) is 19.2 Å². The maximum atomic E-state index is 13.5. The molecule has 0 fully saturated rings. The molecule has 1 aromatic heterocycles. The second-order valence-electron chi connectivity index (χ2n) is 5.77. The van der Waals surface area contributed by atoms with Crippen molar-refractivity contribution in [2.45, 2.75) is 25.1 Å². The zero-order valence-corrected chi connectivity index (χ0v) is 14.7. The normalized spacial score (nSPS) is 13.9. The van der Waals surface area contributed by atoms with Gasteiger partial charge in [0.25, 0.3) is 0 Å². The molecule has 0 aliphatic heterocycles. The summed E-state index contributed by atoms with van der Waals surface area (Å²) in [5, 5.41) is 23.9. The van der Waals surface area contributed by atoms with Crippen molar-refractivity contribution in [3.8, 4) is 5.75 Å². The summed E-state index contributed by atoms with van der Waals surface area (Å²) in [4.78, 5) is 14.0. The Labute approximate surface area is 152 Å². The van der Waals surface area contributed by atoms with Crippen molar-refractivity contribution in [2.24, 2.45) is 7.05 Å². The van der Waals surface area contributed by atoms with Crippen LogP contribution < -0.4 is 10.1 Å². The number of nitrogens with one attached hydrogen (secondary N) is 1. The number of nitro groups is 1. The minimum atomic E-state index is -4.93. The van der Waals surface area contributed by atoms with Crippen LogP contribution in [-0.4, -0.2) is 38.9 Å². The molecule has 2 rings (SSSR count). The third-order valence-electron chi connectivity index (χ3n) is 3.93. The SMILES string of the molecule is CCOc1cc(NCC[C@@](O)(c2nccn2C)C(F)(F)F)ccc1[N+](=O)[O-]. The summed E-state index contributed by atoms with van der Waals surface area (Å²) in [6, 6.07) is 3.88. The lowest BCUT2D eigenvalue weighted by molar-refractivity contribution is -0.385. The van der Waals surface area contributed by atoms with Gasteiger partial charge in [-0.05, 0) is 13.0 Å². The highest BCUT2D eigenvalue weighted by molar-refractivity contribution is 5.58. The lowest BCUT2D eigenvalue weighted by Crippen LogP contribution is -2.45. The second-order valence-corrected chi connectivity index (χ2v) is 5.77. The number of hydrogen-bond donors (Lipinski definition) is 2. The van der Waals surface area contributed by atoms with Crippen LogP contribution in [0.4, 0.5) is 24.5 Å². The molecule has 11 heteroatoms. The maximum absolute atomic E-state index is 13.5. The maximum Gasteiger partial charge on any atom is 0.424 e. The minimum absolute atomic E-state index is 0.00249. The molecule has 0 bridgehead atoms. The highest BCUT2D eigenvalue weighted by Crippen LogP contribution is 2.40. The lowest BCUT2D eigenvalue weighted by Gasteiger charge is -2.30. The van der Waals surface area contributed by atoms with Crippen LogP contribution in [0.2, 0.25) is 0 Å². The van der Waals surface area contributed by atoms with E-state index in [2.05, 4.69) is 10.3 Å². The summed E-state index contributed by atoms with van der Waals surface area (Å²) in [6.45, 7) is 1.59. The average Bonchev–Trinajstić information content (AvgIpc) is 3.00. The van der Waals surface area contributed by atoms with Crippen LogP contribution in [-0.2, 0) is 12.6 Å². The average molecular weight is 388 g/mol. The van der Waals surface area contributed by atoms with Crippen LogP contribution in [0.25, 0.3) is 0 Å². The Balaban J connectivity index is 2.17. The number of nitrogens with zero attached hydrogens (tertiary/aromatic N) is 3. The molecule has 0 radical (unpaired) electrons. The quantitative estimate of drug-likeness (QED) is 0.532. The first-order valence-corrected chi connectivity index (χ1v) is 8.02. The Bertz CT molecular complexity index is 809. The first-order chi connectivity index (χ1) is 12.6. The van der Waals surface area contributed by atoms with Gasteiger partial charge in [-0.3, -0.25) is 10.1 Å². The van der Waals surface area contributed by atoms with Crippen molar-refractivity contribution in [1.29, 1.82) is 0 Å². The number of aliphatic hydroxyl groups is 1. The van der Waals surface area contributed by atoms with E-state index in [-0.39, 0.29) is 24.6 Å². The van der Waals surface area contributed by atoms with Gasteiger partial charge < -0.3 is 19.7 Å². The van der Waals surface area contributed by atoms with Crippen LogP contribution in [0.5, 0.6) is 5.75 Å². The predicted molar refractivity (Wildman–Crippen MR) is 90.5 cm³/mol. The fourth-order valence-corrected chi connectivity index (χ4v) is 2.58. The Kier molecular flexibility index (Phi) is 5.94. The lowest BCUT2D eigenvalue weighted by atomic mass is 9.97. The van der Waals surface area contributed by atoms with Crippen molar-refractivity contribution >= 4 is 11.4 Å². The number of nitro benzene ring substituents is 1. The van der Waals surface area contributed by atoms with E-state index in [0.717, 1.165) is 4.57 Å². The molecule has 1 heterocycles. The second kappa shape index (κ2) is 7.82. The summed E-state index contributed by atoms with van der Waals surface area (Å²) < 4.78 is 46.7. The highest BCUT2D eigenvalue weighted by atomic mass is 19.4. The number of ether oxygens (including phenoxy) is 1. The molecule has 2 aromatic rings. The molecule has 0 saturated carbocycles. The number of benzene rings is 1. The van der Waals surface area contributed by atoms with Gasteiger partial charge >= 0.3 is 11.9 Å². The summed E-state index contributed by atoms with van der Waals surface area (Å²) in [7, 11) is 1.36. The topological polar surface area (TPSA) is 102 Å². The minimum Gasteiger partial charge on any atom is -0.487 e. The van der Waals surface area contributed by atoms with E-state index in [9.17, 15) is 28.4 Å². The van der Waals surface area contributed by atoms with Crippen molar-refractivity contribution in [2.75, 3.05) is 18.5 Å². The van der Waals surface area contributed by atoms with Crippen molar-refractivity contribution in [3.05, 3.63) is 46.5 Å². The standard InChI is InChI=1S/C16H19F3N4O4/c1-3-27-13-10-11(4-5-12(13)23(25)26)20-7-6-15(24,16(17,18)19)14-21-8-9-22(14)2/h4-5,8-10,20,24H,3,6-7H2,1-2H3/t15-/m1/s1. The number of hydrogen-bond acceptors (Lipinski definition) is 6. The molecule has 0 aliphatic rings. The van der Waals surface area contributed by atoms with Crippen molar-refractivity contribution < 1.29 is 27.9 Å². The van der Waals surface area contributed by atoms with Gasteiger partial charge in [0.05, 0.1) is 11.5 Å². The number of halogens is 3. The molecular formula is C16H19F3N4O4. The van der Waals surface area contributed by atoms with Gasteiger partial charge in [0, 0.05) is 50.2 Å². The van der Waals surface area contributed by atoms with E-state index < -0.39 is 28.9 Å². The van der Waals surface area contributed by atoms with Crippen LogP contribution in [0.3, 0.4) is 0 Å². The molecule has 0 amide bonds. The first kappa shape index (κ1) is 20.5. The number of rotatable bonds is 8. The number of imidazole rings is 1. The van der Waals surface area contributed by atoms with Gasteiger partial charge in [-0.1, -0.05) is 0 Å². The molecule has 0 saturated heterocycles. The Morgan fingerprint density at radius 3 is 2.63 bits per heavy atom. The van der Waals surface area contributed by atoms with Crippen LogP contribution in [0.15, 0.2) is 30.6 Å². The molecule has 27 heavy (non-hydrogen) atoms. The molecule has 8 nitrogen and oxygen atoms in total. The summed E-state index contributed by atoms with van der Waals surface area (Å²) in [5.74, 6) is -0.516. The third-order valence-corrected chi connectivity index (χ3v) is 3.93. The van der Waals surface area contributed by atoms with E-state index in [1.54, 1.807) is 6.92 Å². The first-order valence-electron chi connectivity index (χ1n) is 8.02. The monoisotopic (exact) mass is 388 g/mol. The zero-order chi connectivity index (χ0) is 20.2. The smallest absolute Gasteiger partial charge is 0.424 e. The number of aromatic nitrogens is 2. The van der Waals surface area contributed by atoms with Crippen LogP contribution >= 0.6 is 0 Å². The molecule has 1 atom stereocenters. The van der Waals surface area contributed by atoms with Gasteiger partial charge in [-0.15, -0.1) is 0 Å². The van der Waals surface area contributed by atoms with Crippen molar-refractivity contribution in [1.82, 2.24) is 9.55 Å². The Morgan fingerprint density at radius 2 is 2.11 bits per heavy atom. The molecule has 0 spiro atoms. The van der Waals surface area contributed by atoms with E-state index in [1.165, 1.54) is 37.6 Å². The van der Waals surface area contributed by atoms with Gasteiger partial charge in [-0.2, -0.15) is 13.2 Å². The predicted octanol–water partition coefficient (Wildman–Crippen LogP) is 2.98. The van der Waals surface area contributed by atoms with Gasteiger partial charge in [0.2, 0.25) is 5.60 Å². The molecule has 2 N–H and O–H groups in total. The summed E-state index contributed by atoms with van der Waals surface area (Å²) >= 11 is 0. The van der Waals surface area contributed by atoms with E-state index in [1.807, 2.05) is 0 Å². The largest absolute Gasteiger partial charge is 0.487 e. The highest BCUT2D eigenvalue weighted by Gasteiger charge is 2.57. The Morgan fingerprint density at radius 1 is 1.41 bits per heavy atom. The molecule has 0 aliphatic carbocycles. The van der Waals surface area contributed by atoms with Crippen molar-refractivity contribution in [3.63, 3.8) is 0 Å². The third kappa shape index (κ3) is 4.30. The molecule has 1 aromatic carbocycles. The van der Waals surface area contributed by atoms with E-state index in [0.29, 0.717) is 5.69 Å². The molecule has 148 valence electrons. The fraction of sp³-hybridized carbons (Fsp3) is 0.438. The molecular weight excluding hydrogens is 369 g/mol. The van der Waals surface area contributed by atoms with E-state index in [4.69, 9.17) is 4.74 Å².